The van der Waals surface area contributed by atoms with Gasteiger partial charge in [-0.3, -0.25) is 9.36 Å². The molecule has 1 aliphatic rings. The van der Waals surface area contributed by atoms with E-state index in [4.69, 9.17) is 11.6 Å². The number of amides is 1. The molecule has 1 aromatic carbocycles. The van der Waals surface area contributed by atoms with Crippen LogP contribution in [0.15, 0.2) is 30.6 Å². The number of nitrogens with one attached hydrogen (secondary N) is 2. The molecule has 2 aromatic heterocycles. The molecule has 158 valence electrons. The van der Waals surface area contributed by atoms with Gasteiger partial charge in [0.1, 0.15) is 6.10 Å². The van der Waals surface area contributed by atoms with Crippen LogP contribution in [0.4, 0.5) is 5.82 Å². The van der Waals surface area contributed by atoms with E-state index in [0.717, 1.165) is 20.9 Å². The van der Waals surface area contributed by atoms with Gasteiger partial charge in [0, 0.05) is 22.9 Å². The van der Waals surface area contributed by atoms with Crippen molar-refractivity contribution in [1.82, 2.24) is 24.8 Å². The van der Waals surface area contributed by atoms with E-state index < -0.39 is 23.0 Å². The molecular formula is C18H18ClIN6O3S. The van der Waals surface area contributed by atoms with Crippen molar-refractivity contribution >= 4 is 68.8 Å². The van der Waals surface area contributed by atoms with Crippen LogP contribution in [0.1, 0.15) is 5.56 Å². The molecule has 3 aromatic rings. The van der Waals surface area contributed by atoms with E-state index in [2.05, 4.69) is 48.2 Å². The van der Waals surface area contributed by atoms with Gasteiger partial charge in [-0.2, -0.15) is 9.97 Å². The summed E-state index contributed by atoms with van der Waals surface area (Å²) in [5, 5.41) is 26.6. The van der Waals surface area contributed by atoms with Crippen LogP contribution in [0, 0.1) is 3.57 Å². The molecule has 4 N–H and O–H groups in total. The average Bonchev–Trinajstić information content (AvgIpc) is 3.28. The van der Waals surface area contributed by atoms with Crippen LogP contribution in [0.2, 0.25) is 5.28 Å². The summed E-state index contributed by atoms with van der Waals surface area (Å²) in [6.07, 6.45) is -1.01. The van der Waals surface area contributed by atoms with Gasteiger partial charge in [-0.15, -0.1) is 11.8 Å². The minimum atomic E-state index is -1.52. The van der Waals surface area contributed by atoms with Crippen LogP contribution >= 0.6 is 46.0 Å². The number of hydrogen-bond donors (Lipinski definition) is 4. The SMILES string of the molecule is CNC(=O)C1(n2cnc3c(NCc4cccc(I)c4)nc(Cl)nc32)SCC(O)C1O. The van der Waals surface area contributed by atoms with Gasteiger partial charge in [0.2, 0.25) is 10.2 Å². The van der Waals surface area contributed by atoms with Crippen LogP contribution in [0.3, 0.4) is 0 Å². The van der Waals surface area contributed by atoms with Gasteiger partial charge >= 0.3 is 0 Å². The molecule has 4 rings (SSSR count). The lowest BCUT2D eigenvalue weighted by Gasteiger charge is -2.31. The van der Waals surface area contributed by atoms with Crippen molar-refractivity contribution in [3.63, 3.8) is 0 Å². The summed E-state index contributed by atoms with van der Waals surface area (Å²) < 4.78 is 2.57. The molecule has 3 heterocycles. The highest BCUT2D eigenvalue weighted by Crippen LogP contribution is 2.45. The number of likely N-dealkylation sites (N-methyl/N-ethyl adjacent to an activating group) is 1. The molecule has 1 fully saturated rings. The van der Waals surface area contributed by atoms with E-state index >= 15 is 0 Å². The fraction of sp³-hybridized carbons (Fsp3) is 0.333. The van der Waals surface area contributed by atoms with Gasteiger partial charge in [0.15, 0.2) is 17.0 Å². The van der Waals surface area contributed by atoms with E-state index in [1.165, 1.54) is 17.9 Å². The molecule has 0 aliphatic carbocycles. The van der Waals surface area contributed by atoms with E-state index in [1.54, 1.807) is 0 Å². The zero-order valence-electron chi connectivity index (χ0n) is 15.7. The Labute approximate surface area is 194 Å². The third-order valence-corrected chi connectivity index (χ3v) is 7.28. The van der Waals surface area contributed by atoms with Crippen molar-refractivity contribution in [3.8, 4) is 0 Å². The number of halogens is 2. The molecule has 0 bridgehead atoms. The Balaban J connectivity index is 1.77. The fourth-order valence-electron chi connectivity index (χ4n) is 3.42. The van der Waals surface area contributed by atoms with Crippen molar-refractivity contribution in [3.05, 3.63) is 45.0 Å². The zero-order valence-corrected chi connectivity index (χ0v) is 19.4. The molecule has 9 nitrogen and oxygen atoms in total. The van der Waals surface area contributed by atoms with Gasteiger partial charge in [-0.25, -0.2) is 4.98 Å². The first-order valence-corrected chi connectivity index (χ1v) is 11.4. The molecule has 3 unspecified atom stereocenters. The maximum atomic E-state index is 12.8. The molecule has 3 atom stereocenters. The van der Waals surface area contributed by atoms with Crippen molar-refractivity contribution in [1.29, 1.82) is 0 Å². The lowest BCUT2D eigenvalue weighted by atomic mass is 10.1. The van der Waals surface area contributed by atoms with Crippen LogP contribution in [0.5, 0.6) is 0 Å². The normalized spacial score (nSPS) is 23.6. The van der Waals surface area contributed by atoms with E-state index in [9.17, 15) is 15.0 Å². The number of aliphatic hydroxyl groups is 2. The highest BCUT2D eigenvalue weighted by molar-refractivity contribution is 14.1. The summed E-state index contributed by atoms with van der Waals surface area (Å²) in [5.41, 5.74) is 1.74. The maximum Gasteiger partial charge on any atom is 0.259 e. The van der Waals surface area contributed by atoms with Crippen molar-refractivity contribution in [2.75, 3.05) is 18.1 Å². The highest BCUT2D eigenvalue weighted by Gasteiger charge is 2.56. The molecule has 12 heteroatoms. The first-order valence-electron chi connectivity index (χ1n) is 8.98. The average molecular weight is 561 g/mol. The van der Waals surface area contributed by atoms with E-state index in [1.807, 2.05) is 24.3 Å². The number of carbonyl (C=O) groups is 1. The largest absolute Gasteiger partial charge is 0.389 e. The van der Waals surface area contributed by atoms with E-state index in [-0.39, 0.29) is 16.7 Å². The summed E-state index contributed by atoms with van der Waals surface area (Å²) >= 11 is 9.53. The van der Waals surface area contributed by atoms with Gasteiger partial charge in [0.05, 0.1) is 12.4 Å². The Morgan fingerprint density at radius 3 is 2.90 bits per heavy atom. The van der Waals surface area contributed by atoms with Crippen LogP contribution in [-0.2, 0) is 16.2 Å². The fourth-order valence-corrected chi connectivity index (χ4v) is 5.64. The number of fused-ring (bicyclic) bond motifs is 1. The van der Waals surface area contributed by atoms with Gasteiger partial charge in [0.25, 0.3) is 5.91 Å². The second kappa shape index (κ2) is 8.46. The number of imidazole rings is 1. The number of aromatic nitrogens is 4. The number of thioether (sulfide) groups is 1. The predicted molar refractivity (Wildman–Crippen MR) is 123 cm³/mol. The number of anilines is 1. The van der Waals surface area contributed by atoms with E-state index in [0.29, 0.717) is 17.9 Å². The number of benzene rings is 1. The Kier molecular flexibility index (Phi) is 6.08. The molecule has 0 saturated carbocycles. The second-order valence-electron chi connectivity index (χ2n) is 6.71. The van der Waals surface area contributed by atoms with Crippen LogP contribution in [0.25, 0.3) is 11.2 Å². The lowest BCUT2D eigenvalue weighted by Crippen LogP contribution is -2.53. The summed E-state index contributed by atoms with van der Waals surface area (Å²) in [6, 6.07) is 8.00. The second-order valence-corrected chi connectivity index (χ2v) is 9.54. The van der Waals surface area contributed by atoms with Crippen molar-refractivity contribution < 1.29 is 15.0 Å². The minimum Gasteiger partial charge on any atom is -0.389 e. The Bertz CT molecular complexity index is 1110. The summed E-state index contributed by atoms with van der Waals surface area (Å²) in [7, 11) is 1.47. The first kappa shape index (κ1) is 21.6. The number of rotatable bonds is 5. The Morgan fingerprint density at radius 2 is 2.23 bits per heavy atom. The van der Waals surface area contributed by atoms with Gasteiger partial charge in [-0.05, 0) is 51.9 Å². The smallest absolute Gasteiger partial charge is 0.259 e. The molecule has 1 saturated heterocycles. The minimum absolute atomic E-state index is 0.0283. The number of carbonyl (C=O) groups excluding carboxylic acids is 1. The number of hydrogen-bond acceptors (Lipinski definition) is 8. The quantitative estimate of drug-likeness (QED) is 0.274. The molecule has 0 spiro atoms. The zero-order chi connectivity index (χ0) is 21.5. The summed E-state index contributed by atoms with van der Waals surface area (Å²) in [5.74, 6) is 0.122. The van der Waals surface area contributed by atoms with Crippen LogP contribution < -0.4 is 10.6 Å². The highest BCUT2D eigenvalue weighted by atomic mass is 127. The first-order chi connectivity index (χ1) is 14.4. The monoisotopic (exact) mass is 560 g/mol. The Hall–Kier alpha value is -1.67. The topological polar surface area (TPSA) is 125 Å². The van der Waals surface area contributed by atoms with Crippen LogP contribution in [-0.4, -0.2) is 60.6 Å². The lowest BCUT2D eigenvalue weighted by molar-refractivity contribution is -0.131. The third kappa shape index (κ3) is 3.62. The summed E-state index contributed by atoms with van der Waals surface area (Å²) in [4.78, 5) is 24.2. The molecule has 30 heavy (non-hydrogen) atoms. The van der Waals surface area contributed by atoms with Crippen molar-refractivity contribution in [2.24, 2.45) is 0 Å². The molecule has 1 aliphatic heterocycles. The number of nitrogens with zero attached hydrogens (tertiary/aromatic N) is 4. The van der Waals surface area contributed by atoms with Gasteiger partial charge < -0.3 is 20.8 Å². The third-order valence-electron chi connectivity index (χ3n) is 4.87. The molecule has 0 radical (unpaired) electrons. The standard InChI is InChI=1S/C18H18ClIN6O3S/c1-21-16(29)18(13(28)11(27)7-30-18)26-8-23-12-14(24-17(19)25-15(12)26)22-6-9-3-2-4-10(20)5-9/h2-5,8,11,13,27-28H,6-7H2,1H3,(H,21,29)(H,22,24,25). The number of aliphatic hydroxyl groups excluding tert-OH is 2. The van der Waals surface area contributed by atoms with Gasteiger partial charge in [-0.1, -0.05) is 12.1 Å². The molecule has 1 amide bonds. The predicted octanol–water partition coefficient (Wildman–Crippen LogP) is 1.56. The Morgan fingerprint density at radius 1 is 1.43 bits per heavy atom. The summed E-state index contributed by atoms with van der Waals surface area (Å²) in [6.45, 7) is 0.489. The maximum absolute atomic E-state index is 12.8. The molecular weight excluding hydrogens is 543 g/mol. The van der Waals surface area contributed by atoms with Crippen molar-refractivity contribution in [2.45, 2.75) is 23.6 Å².